The molecule has 1 heterocycles. The lowest BCUT2D eigenvalue weighted by molar-refractivity contribution is 0.386. The summed E-state index contributed by atoms with van der Waals surface area (Å²) in [5.41, 5.74) is 8.35. The molecule has 1 aromatic carbocycles. The van der Waals surface area contributed by atoms with E-state index in [0.29, 0.717) is 17.7 Å². The molecule has 0 bridgehead atoms. The third kappa shape index (κ3) is 1.81. The molecule has 0 saturated heterocycles. The van der Waals surface area contributed by atoms with Crippen molar-refractivity contribution in [1.29, 1.82) is 0 Å². The van der Waals surface area contributed by atoms with Gasteiger partial charge in [-0.25, -0.2) is 4.39 Å². The zero-order valence-electron chi connectivity index (χ0n) is 11.4. The maximum atomic E-state index is 13.9. The van der Waals surface area contributed by atoms with Crippen LogP contribution in [0.25, 0.3) is 0 Å². The molecule has 3 rings (SSSR count). The zero-order valence-corrected chi connectivity index (χ0v) is 11.4. The van der Waals surface area contributed by atoms with Crippen LogP contribution in [0.3, 0.4) is 0 Å². The second-order valence-electron chi connectivity index (χ2n) is 5.38. The fraction of sp³-hybridized carbons (Fsp3) is 0.533. The highest BCUT2D eigenvalue weighted by molar-refractivity contribution is 5.66. The van der Waals surface area contributed by atoms with Gasteiger partial charge in [-0.3, -0.25) is 0 Å². The number of benzene rings is 1. The Morgan fingerprint density at radius 3 is 2.95 bits per heavy atom. The standard InChI is InChI=1S/C15H20FN2O/c1-3-15(17)18-12-6-4-5-9(12)10-7-11(16)14(19-2)8-13(10)18/h3,7-9,12,15H,4-6,17H2,1-2H3/t9?,12?,15-/m0/s1. The Kier molecular flexibility index (Phi) is 3.13. The first-order chi connectivity index (χ1) is 9.17. The number of rotatable bonds is 3. The summed E-state index contributed by atoms with van der Waals surface area (Å²) in [5, 5.41) is 0. The molecule has 0 amide bonds. The van der Waals surface area contributed by atoms with Crippen molar-refractivity contribution in [2.75, 3.05) is 12.0 Å². The van der Waals surface area contributed by atoms with E-state index in [1.165, 1.54) is 13.5 Å². The summed E-state index contributed by atoms with van der Waals surface area (Å²) in [7, 11) is 1.50. The number of nitrogens with two attached hydrogens (primary N) is 1. The molecule has 1 aromatic rings. The molecule has 1 radical (unpaired) electrons. The second kappa shape index (κ2) is 4.67. The molecular formula is C15H20FN2O. The van der Waals surface area contributed by atoms with Crippen molar-refractivity contribution >= 4 is 5.69 Å². The fourth-order valence-corrected chi connectivity index (χ4v) is 3.59. The fourth-order valence-electron chi connectivity index (χ4n) is 3.59. The molecule has 1 aliphatic carbocycles. The second-order valence-corrected chi connectivity index (χ2v) is 5.38. The zero-order chi connectivity index (χ0) is 13.6. The first-order valence-corrected chi connectivity index (χ1v) is 6.88. The Morgan fingerprint density at radius 1 is 1.47 bits per heavy atom. The Morgan fingerprint density at radius 2 is 2.26 bits per heavy atom. The molecule has 3 atom stereocenters. The highest BCUT2D eigenvalue weighted by Crippen LogP contribution is 2.51. The number of hydrogen-bond acceptors (Lipinski definition) is 3. The van der Waals surface area contributed by atoms with Crippen molar-refractivity contribution in [3.63, 3.8) is 0 Å². The summed E-state index contributed by atoms with van der Waals surface area (Å²) < 4.78 is 19.0. The highest BCUT2D eigenvalue weighted by Gasteiger charge is 2.43. The molecule has 4 heteroatoms. The van der Waals surface area contributed by atoms with Crippen LogP contribution < -0.4 is 15.4 Å². The van der Waals surface area contributed by atoms with Crippen molar-refractivity contribution in [1.82, 2.24) is 0 Å². The Hall–Kier alpha value is -1.29. The van der Waals surface area contributed by atoms with Crippen molar-refractivity contribution in [2.24, 2.45) is 5.73 Å². The van der Waals surface area contributed by atoms with Crippen LogP contribution in [0, 0.1) is 12.2 Å². The number of anilines is 1. The average molecular weight is 263 g/mol. The van der Waals surface area contributed by atoms with Gasteiger partial charge in [-0.1, -0.05) is 13.3 Å². The minimum Gasteiger partial charge on any atom is -0.494 e. The monoisotopic (exact) mass is 263 g/mol. The van der Waals surface area contributed by atoms with Gasteiger partial charge in [-0.15, -0.1) is 0 Å². The minimum absolute atomic E-state index is 0.123. The van der Waals surface area contributed by atoms with Crippen LogP contribution in [0.2, 0.25) is 0 Å². The Bertz CT molecular complexity index is 491. The van der Waals surface area contributed by atoms with Crippen LogP contribution in [0.15, 0.2) is 12.1 Å². The molecule has 3 nitrogen and oxygen atoms in total. The van der Waals surface area contributed by atoms with Crippen molar-refractivity contribution in [3.05, 3.63) is 29.9 Å². The van der Waals surface area contributed by atoms with Gasteiger partial charge in [0.2, 0.25) is 0 Å². The molecular weight excluding hydrogens is 243 g/mol. The van der Waals surface area contributed by atoms with E-state index in [0.717, 1.165) is 24.1 Å². The van der Waals surface area contributed by atoms with Crippen molar-refractivity contribution < 1.29 is 9.13 Å². The molecule has 0 aromatic heterocycles. The van der Waals surface area contributed by atoms with Crippen molar-refractivity contribution in [3.8, 4) is 5.75 Å². The lowest BCUT2D eigenvalue weighted by Crippen LogP contribution is -2.46. The lowest BCUT2D eigenvalue weighted by atomic mass is 9.97. The van der Waals surface area contributed by atoms with Gasteiger partial charge in [-0.05, 0) is 30.9 Å². The molecule has 2 aliphatic rings. The topological polar surface area (TPSA) is 38.5 Å². The van der Waals surface area contributed by atoms with Crippen LogP contribution in [0.5, 0.6) is 5.75 Å². The van der Waals surface area contributed by atoms with E-state index in [1.54, 1.807) is 12.1 Å². The molecule has 1 aliphatic heterocycles. The van der Waals surface area contributed by atoms with Gasteiger partial charge in [-0.2, -0.15) is 0 Å². The first-order valence-electron chi connectivity index (χ1n) is 6.88. The summed E-state index contributed by atoms with van der Waals surface area (Å²) in [6.07, 6.45) is 5.30. The molecule has 2 N–H and O–H groups in total. The van der Waals surface area contributed by atoms with Crippen LogP contribution in [-0.4, -0.2) is 19.3 Å². The van der Waals surface area contributed by atoms with Crippen molar-refractivity contribution in [2.45, 2.75) is 44.3 Å². The van der Waals surface area contributed by atoms with Crippen LogP contribution in [-0.2, 0) is 0 Å². The maximum absolute atomic E-state index is 13.9. The predicted octanol–water partition coefficient (Wildman–Crippen LogP) is 2.80. The number of fused-ring (bicyclic) bond motifs is 3. The van der Waals surface area contributed by atoms with Gasteiger partial charge in [0.15, 0.2) is 11.6 Å². The Labute approximate surface area is 113 Å². The average Bonchev–Trinajstić information content (AvgIpc) is 2.97. The normalized spacial score (nSPS) is 26.2. The molecule has 0 spiro atoms. The van der Waals surface area contributed by atoms with E-state index in [1.807, 2.05) is 13.3 Å². The van der Waals surface area contributed by atoms with Gasteiger partial charge < -0.3 is 15.4 Å². The maximum Gasteiger partial charge on any atom is 0.165 e. The molecule has 1 fully saturated rings. The molecule has 2 unspecified atom stereocenters. The third-order valence-electron chi connectivity index (χ3n) is 4.48. The minimum atomic E-state index is -0.275. The number of nitrogens with zero attached hydrogens (tertiary/aromatic N) is 1. The van der Waals surface area contributed by atoms with E-state index >= 15 is 0 Å². The third-order valence-corrected chi connectivity index (χ3v) is 4.48. The predicted molar refractivity (Wildman–Crippen MR) is 73.8 cm³/mol. The van der Waals surface area contributed by atoms with Crippen LogP contribution in [0.4, 0.5) is 10.1 Å². The number of hydrogen-bond donors (Lipinski definition) is 1. The Balaban J connectivity index is 2.10. The smallest absolute Gasteiger partial charge is 0.165 e. The SMILES string of the molecule is C[CH][C@@H](N)N1c2cc(OC)c(F)cc2C2CCCC21. The van der Waals surface area contributed by atoms with Crippen LogP contribution in [0.1, 0.15) is 37.7 Å². The lowest BCUT2D eigenvalue weighted by Gasteiger charge is -2.32. The van der Waals surface area contributed by atoms with Crippen LogP contribution >= 0.6 is 0 Å². The van der Waals surface area contributed by atoms with E-state index < -0.39 is 0 Å². The summed E-state index contributed by atoms with van der Waals surface area (Å²) in [6.45, 7) is 1.97. The van der Waals surface area contributed by atoms with Gasteiger partial charge in [0.25, 0.3) is 0 Å². The van der Waals surface area contributed by atoms with Gasteiger partial charge >= 0.3 is 0 Å². The summed E-state index contributed by atoms with van der Waals surface area (Å²) >= 11 is 0. The number of ether oxygens (including phenoxy) is 1. The van der Waals surface area contributed by atoms with E-state index in [2.05, 4.69) is 4.90 Å². The summed E-state index contributed by atoms with van der Waals surface area (Å²) in [5.74, 6) is 0.441. The summed E-state index contributed by atoms with van der Waals surface area (Å²) in [6, 6.07) is 3.85. The highest BCUT2D eigenvalue weighted by atomic mass is 19.1. The van der Waals surface area contributed by atoms with E-state index in [4.69, 9.17) is 10.5 Å². The number of halogens is 1. The van der Waals surface area contributed by atoms with E-state index in [9.17, 15) is 4.39 Å². The molecule has 19 heavy (non-hydrogen) atoms. The van der Waals surface area contributed by atoms with Gasteiger partial charge in [0, 0.05) is 23.7 Å². The van der Waals surface area contributed by atoms with E-state index in [-0.39, 0.29) is 12.0 Å². The molecule has 1 saturated carbocycles. The molecule has 103 valence electrons. The number of methoxy groups -OCH3 is 1. The summed E-state index contributed by atoms with van der Waals surface area (Å²) in [4.78, 5) is 2.23. The van der Waals surface area contributed by atoms with Gasteiger partial charge in [0.05, 0.1) is 13.3 Å². The van der Waals surface area contributed by atoms with Gasteiger partial charge in [0.1, 0.15) is 0 Å². The first kappa shape index (κ1) is 12.7. The largest absolute Gasteiger partial charge is 0.494 e. The quantitative estimate of drug-likeness (QED) is 0.911.